The standard InChI is InChI=1S/C30H32FN3O6S2/c1-6-30(38)19-9-23-26-17(11-34(23)27(35)18(19)12-39-28(30)36)25-21(33-29(37)40-14(3)15(4)42-41-5)8-7-16-13(2)20(31)10-22(32-26)24(16)25/h9-10,14-15,21,38H,6-8,11-12H2,1-5H3,(H,33,37)/t14-,15-,21-,30-/m0/s1. The molecule has 0 unspecified atom stereocenters. The van der Waals surface area contributed by atoms with Crippen LogP contribution in [0.25, 0.3) is 22.3 Å². The van der Waals surface area contributed by atoms with Crippen molar-refractivity contribution in [1.82, 2.24) is 14.9 Å². The van der Waals surface area contributed by atoms with Gasteiger partial charge in [0.15, 0.2) is 5.60 Å². The number of hydrogen-bond acceptors (Lipinski definition) is 9. The molecule has 4 heterocycles. The molecular weight excluding hydrogens is 581 g/mol. The van der Waals surface area contributed by atoms with E-state index < -0.39 is 23.7 Å². The molecule has 222 valence electrons. The number of carbonyl (C=O) groups excluding carboxylic acids is 2. The van der Waals surface area contributed by atoms with Gasteiger partial charge >= 0.3 is 12.1 Å². The number of pyridine rings is 2. The Kier molecular flexibility index (Phi) is 7.30. The quantitative estimate of drug-likeness (QED) is 0.228. The minimum absolute atomic E-state index is 0.0272. The third-order valence-electron chi connectivity index (χ3n) is 8.87. The van der Waals surface area contributed by atoms with Gasteiger partial charge in [-0.2, -0.15) is 0 Å². The Morgan fingerprint density at radius 3 is 2.79 bits per heavy atom. The van der Waals surface area contributed by atoms with Gasteiger partial charge in [-0.1, -0.05) is 28.5 Å². The molecular formula is C30H32FN3O6S2. The molecule has 2 aliphatic heterocycles. The van der Waals surface area contributed by atoms with Gasteiger partial charge in [0.2, 0.25) is 0 Å². The van der Waals surface area contributed by atoms with E-state index in [0.29, 0.717) is 35.3 Å². The predicted molar refractivity (Wildman–Crippen MR) is 160 cm³/mol. The Labute approximate surface area is 250 Å². The number of hydrogen-bond donors (Lipinski definition) is 2. The van der Waals surface area contributed by atoms with Gasteiger partial charge in [0, 0.05) is 27.8 Å². The summed E-state index contributed by atoms with van der Waals surface area (Å²) in [7, 11) is 3.24. The number of amides is 1. The molecule has 2 aromatic heterocycles. The van der Waals surface area contributed by atoms with Crippen LogP contribution in [0.1, 0.15) is 73.0 Å². The van der Waals surface area contributed by atoms with Gasteiger partial charge in [-0.15, -0.1) is 0 Å². The highest BCUT2D eigenvalue weighted by molar-refractivity contribution is 8.76. The zero-order valence-corrected chi connectivity index (χ0v) is 25.6. The van der Waals surface area contributed by atoms with Gasteiger partial charge in [-0.05, 0) is 69.0 Å². The highest BCUT2D eigenvalue weighted by atomic mass is 33.1. The number of cyclic esters (lactones) is 1. The van der Waals surface area contributed by atoms with E-state index in [1.165, 1.54) is 6.07 Å². The number of fused-ring (bicyclic) bond motifs is 5. The van der Waals surface area contributed by atoms with Crippen LogP contribution in [0.2, 0.25) is 0 Å². The van der Waals surface area contributed by atoms with E-state index in [1.807, 2.05) is 20.1 Å². The number of alkyl carbamates (subject to hydrolysis) is 1. The van der Waals surface area contributed by atoms with Crippen molar-refractivity contribution in [3.8, 4) is 11.4 Å². The number of nitrogens with one attached hydrogen (secondary N) is 1. The first-order valence-electron chi connectivity index (χ1n) is 14.0. The normalized spacial score (nSPS) is 21.7. The molecule has 1 aliphatic carbocycles. The molecule has 0 bridgehead atoms. The lowest BCUT2D eigenvalue weighted by atomic mass is 9.81. The maximum absolute atomic E-state index is 15.1. The van der Waals surface area contributed by atoms with Crippen molar-refractivity contribution >= 4 is 44.6 Å². The maximum Gasteiger partial charge on any atom is 0.407 e. The number of aromatic nitrogens is 2. The van der Waals surface area contributed by atoms with Gasteiger partial charge in [-0.3, -0.25) is 4.79 Å². The van der Waals surface area contributed by atoms with Crippen molar-refractivity contribution in [2.24, 2.45) is 0 Å². The molecule has 2 N–H and O–H groups in total. The van der Waals surface area contributed by atoms with Crippen LogP contribution in [0.5, 0.6) is 0 Å². The molecule has 0 fully saturated rings. The summed E-state index contributed by atoms with van der Waals surface area (Å²) < 4.78 is 27.6. The molecule has 1 amide bonds. The fraction of sp³-hybridized carbons (Fsp3) is 0.467. The van der Waals surface area contributed by atoms with E-state index in [-0.39, 0.29) is 53.4 Å². The predicted octanol–water partition coefficient (Wildman–Crippen LogP) is 5.03. The van der Waals surface area contributed by atoms with Crippen LogP contribution in [0.4, 0.5) is 9.18 Å². The number of rotatable bonds is 6. The summed E-state index contributed by atoms with van der Waals surface area (Å²) in [5, 5.41) is 15.1. The van der Waals surface area contributed by atoms with Crippen molar-refractivity contribution in [1.29, 1.82) is 0 Å². The van der Waals surface area contributed by atoms with E-state index in [4.69, 9.17) is 14.5 Å². The lowest BCUT2D eigenvalue weighted by molar-refractivity contribution is -0.172. The van der Waals surface area contributed by atoms with Gasteiger partial charge in [0.05, 0.1) is 35.1 Å². The fourth-order valence-corrected chi connectivity index (χ4v) is 8.27. The van der Waals surface area contributed by atoms with Crippen molar-refractivity contribution < 1.29 is 28.6 Å². The zero-order valence-electron chi connectivity index (χ0n) is 24.0. The summed E-state index contributed by atoms with van der Waals surface area (Å²) in [5.41, 5.74) is 2.31. The number of ether oxygens (including phenoxy) is 2. The maximum atomic E-state index is 15.1. The Morgan fingerprint density at radius 2 is 2.07 bits per heavy atom. The summed E-state index contributed by atoms with van der Waals surface area (Å²) >= 11 is 0. The lowest BCUT2D eigenvalue weighted by Gasteiger charge is -2.31. The van der Waals surface area contributed by atoms with Gasteiger partial charge in [-0.25, -0.2) is 19.0 Å². The molecule has 9 nitrogen and oxygen atoms in total. The molecule has 6 rings (SSSR count). The Hall–Kier alpha value is -3.09. The Morgan fingerprint density at radius 1 is 1.31 bits per heavy atom. The minimum atomic E-state index is -1.96. The SMILES string of the molecule is CC[C@@]1(O)C(=O)OCc2c1cc1n(c2=O)Cc2c-1nc1cc(F)c(C)c3c1c2[C@@H](NC(=O)O[C@@H](C)[C@H](C)SSC)CC3. The summed E-state index contributed by atoms with van der Waals surface area (Å²) in [6.07, 6.45) is 2.18. The van der Waals surface area contributed by atoms with Crippen molar-refractivity contribution in [3.63, 3.8) is 0 Å². The van der Waals surface area contributed by atoms with E-state index in [2.05, 4.69) is 5.32 Å². The first-order chi connectivity index (χ1) is 20.0. The van der Waals surface area contributed by atoms with E-state index in [1.54, 1.807) is 46.1 Å². The Balaban J connectivity index is 1.50. The number of halogens is 1. The highest BCUT2D eigenvalue weighted by Gasteiger charge is 2.46. The molecule has 4 atom stereocenters. The number of aliphatic hydroxyl groups is 1. The molecule has 3 aliphatic rings. The topological polar surface area (TPSA) is 120 Å². The smallest absolute Gasteiger partial charge is 0.407 e. The molecule has 12 heteroatoms. The number of carbonyl (C=O) groups is 2. The van der Waals surface area contributed by atoms with Crippen molar-refractivity contribution in [2.45, 2.75) is 83.1 Å². The van der Waals surface area contributed by atoms with Crippen molar-refractivity contribution in [3.05, 3.63) is 61.7 Å². The molecule has 0 spiro atoms. The average molecular weight is 614 g/mol. The van der Waals surface area contributed by atoms with Crippen LogP contribution < -0.4 is 10.9 Å². The van der Waals surface area contributed by atoms with Crippen LogP contribution in [0.3, 0.4) is 0 Å². The second-order valence-electron chi connectivity index (χ2n) is 11.1. The monoisotopic (exact) mass is 613 g/mol. The minimum Gasteiger partial charge on any atom is -0.458 e. The largest absolute Gasteiger partial charge is 0.458 e. The molecule has 0 saturated heterocycles. The second-order valence-corrected chi connectivity index (χ2v) is 14.0. The van der Waals surface area contributed by atoms with E-state index in [0.717, 1.165) is 22.1 Å². The van der Waals surface area contributed by atoms with Crippen LogP contribution in [0, 0.1) is 12.7 Å². The van der Waals surface area contributed by atoms with Crippen molar-refractivity contribution in [2.75, 3.05) is 6.26 Å². The summed E-state index contributed by atoms with van der Waals surface area (Å²) in [6, 6.07) is 2.57. The van der Waals surface area contributed by atoms with Crippen LogP contribution in [-0.2, 0) is 39.4 Å². The summed E-state index contributed by atoms with van der Waals surface area (Å²) in [6.45, 7) is 7.19. The van der Waals surface area contributed by atoms with Crippen LogP contribution in [0.15, 0.2) is 16.9 Å². The second kappa shape index (κ2) is 10.6. The lowest BCUT2D eigenvalue weighted by Crippen LogP contribution is -2.44. The fourth-order valence-electron chi connectivity index (χ4n) is 6.37. The third kappa shape index (κ3) is 4.32. The van der Waals surface area contributed by atoms with Gasteiger partial charge in [0.25, 0.3) is 5.56 Å². The summed E-state index contributed by atoms with van der Waals surface area (Å²) in [4.78, 5) is 44.3. The van der Waals surface area contributed by atoms with Crippen LogP contribution in [-0.4, -0.2) is 44.3 Å². The average Bonchev–Trinajstić information content (AvgIpc) is 3.33. The molecule has 3 aromatic rings. The molecule has 0 saturated carbocycles. The first kappa shape index (κ1) is 29.0. The van der Waals surface area contributed by atoms with E-state index >= 15 is 4.39 Å². The number of esters is 1. The first-order valence-corrected chi connectivity index (χ1v) is 16.6. The molecule has 42 heavy (non-hydrogen) atoms. The van der Waals surface area contributed by atoms with Gasteiger partial charge < -0.3 is 24.5 Å². The number of benzene rings is 1. The van der Waals surface area contributed by atoms with Crippen LogP contribution >= 0.6 is 21.6 Å². The molecule has 1 aromatic carbocycles. The highest BCUT2D eigenvalue weighted by Crippen LogP contribution is 2.46. The van der Waals surface area contributed by atoms with E-state index in [9.17, 15) is 19.5 Å². The van der Waals surface area contributed by atoms with Gasteiger partial charge in [0.1, 0.15) is 18.5 Å². The summed E-state index contributed by atoms with van der Waals surface area (Å²) in [5.74, 6) is -1.18. The number of aryl methyl sites for hydroxylation is 1. The third-order valence-corrected chi connectivity index (χ3v) is 11.2. The zero-order chi connectivity index (χ0) is 30.1. The Bertz CT molecular complexity index is 1730. The molecule has 0 radical (unpaired) electrons. The number of nitrogens with zero attached hydrogens (tertiary/aromatic N) is 2.